The minimum absolute atomic E-state index is 0.0265. The number of nitrogens with two attached hydrogens (primary N) is 1. The molecule has 0 aromatic carbocycles. The molecule has 0 bridgehead atoms. The normalized spacial score (nSPS) is 12.2. The molecule has 7 nitrogen and oxygen atoms in total. The van der Waals surface area contributed by atoms with Crippen LogP contribution in [-0.2, 0) is 0 Å². The third kappa shape index (κ3) is 2.40. The van der Waals surface area contributed by atoms with E-state index in [1.807, 2.05) is 20.8 Å². The van der Waals surface area contributed by atoms with Crippen LogP contribution in [-0.4, -0.2) is 15.1 Å². The topological polar surface area (TPSA) is 102 Å². The Balaban J connectivity index is 2.18. The molecule has 0 aliphatic carbocycles. The summed E-state index contributed by atoms with van der Waals surface area (Å²) in [5.74, 6) is 7.23. The first-order valence-corrected chi connectivity index (χ1v) is 5.59. The second kappa shape index (κ2) is 5.01. The second-order valence-electron chi connectivity index (χ2n) is 4.04. The van der Waals surface area contributed by atoms with Crippen molar-refractivity contribution in [2.75, 3.05) is 10.7 Å². The van der Waals surface area contributed by atoms with E-state index in [1.165, 1.54) is 0 Å². The Morgan fingerprint density at radius 1 is 1.28 bits per heavy atom. The Labute approximate surface area is 105 Å². The van der Waals surface area contributed by atoms with E-state index in [0.717, 1.165) is 17.0 Å². The molecule has 18 heavy (non-hydrogen) atoms. The minimum atomic E-state index is 0.0265. The summed E-state index contributed by atoms with van der Waals surface area (Å²) < 4.78 is 5.14. The van der Waals surface area contributed by atoms with Crippen LogP contribution in [0.2, 0.25) is 0 Å². The van der Waals surface area contributed by atoms with E-state index in [9.17, 15) is 0 Å². The van der Waals surface area contributed by atoms with Crippen molar-refractivity contribution >= 4 is 11.6 Å². The van der Waals surface area contributed by atoms with Crippen LogP contribution in [0, 0.1) is 13.8 Å². The van der Waals surface area contributed by atoms with E-state index >= 15 is 0 Å². The van der Waals surface area contributed by atoms with Gasteiger partial charge in [-0.25, -0.2) is 10.8 Å². The molecule has 1 unspecified atom stereocenters. The third-order valence-electron chi connectivity index (χ3n) is 2.67. The van der Waals surface area contributed by atoms with Crippen LogP contribution in [0.4, 0.5) is 11.6 Å². The highest BCUT2D eigenvalue weighted by Gasteiger charge is 2.16. The first-order valence-electron chi connectivity index (χ1n) is 5.59. The summed E-state index contributed by atoms with van der Waals surface area (Å²) in [6.07, 6.45) is 3.18. The molecule has 0 radical (unpaired) electrons. The fourth-order valence-corrected chi connectivity index (χ4v) is 1.91. The van der Waals surface area contributed by atoms with Gasteiger partial charge >= 0.3 is 0 Å². The summed E-state index contributed by atoms with van der Waals surface area (Å²) in [5.41, 5.74) is 4.35. The molecule has 2 heterocycles. The van der Waals surface area contributed by atoms with Crippen molar-refractivity contribution in [3.05, 3.63) is 29.4 Å². The largest absolute Gasteiger partial charge is 0.362 e. The summed E-state index contributed by atoms with van der Waals surface area (Å²) >= 11 is 0. The fraction of sp³-hybridized carbons (Fsp3) is 0.364. The van der Waals surface area contributed by atoms with Crippen LogP contribution >= 0.6 is 0 Å². The standard InChI is InChI=1S/C11H16N6O/c1-6(11-7(2)17-18-8(11)3)14-9-4-13-5-10(15-9)16-12/h4-6H,12H2,1-3H3,(H2,14,15,16). The van der Waals surface area contributed by atoms with Crippen LogP contribution in [0.25, 0.3) is 0 Å². The number of hydrazine groups is 1. The zero-order valence-corrected chi connectivity index (χ0v) is 10.6. The van der Waals surface area contributed by atoms with Gasteiger partial charge in [0, 0.05) is 5.56 Å². The Morgan fingerprint density at radius 2 is 2.00 bits per heavy atom. The van der Waals surface area contributed by atoms with Gasteiger partial charge in [-0.15, -0.1) is 0 Å². The number of hydrogen-bond donors (Lipinski definition) is 3. The number of nitrogens with zero attached hydrogens (tertiary/aromatic N) is 3. The molecule has 4 N–H and O–H groups in total. The van der Waals surface area contributed by atoms with Gasteiger partial charge in [0.25, 0.3) is 0 Å². The van der Waals surface area contributed by atoms with Crippen LogP contribution in [0.5, 0.6) is 0 Å². The van der Waals surface area contributed by atoms with Gasteiger partial charge in [-0.2, -0.15) is 0 Å². The van der Waals surface area contributed by atoms with Gasteiger partial charge in [-0.1, -0.05) is 5.16 Å². The molecule has 2 rings (SSSR count). The lowest BCUT2D eigenvalue weighted by atomic mass is 10.1. The number of hydrogen-bond acceptors (Lipinski definition) is 7. The van der Waals surface area contributed by atoms with Gasteiger partial charge in [0.1, 0.15) is 11.6 Å². The van der Waals surface area contributed by atoms with E-state index in [0.29, 0.717) is 11.6 Å². The fourth-order valence-electron chi connectivity index (χ4n) is 1.91. The molecule has 0 spiro atoms. The Morgan fingerprint density at radius 3 is 2.61 bits per heavy atom. The van der Waals surface area contributed by atoms with Crippen molar-refractivity contribution in [2.24, 2.45) is 5.84 Å². The van der Waals surface area contributed by atoms with Crippen LogP contribution in [0.1, 0.15) is 30.0 Å². The van der Waals surface area contributed by atoms with E-state index in [-0.39, 0.29) is 6.04 Å². The predicted molar refractivity (Wildman–Crippen MR) is 67.9 cm³/mol. The average Bonchev–Trinajstić information content (AvgIpc) is 2.69. The molecular weight excluding hydrogens is 232 g/mol. The maximum atomic E-state index is 5.29. The third-order valence-corrected chi connectivity index (χ3v) is 2.67. The molecule has 2 aromatic heterocycles. The number of aromatic nitrogens is 3. The number of anilines is 2. The van der Waals surface area contributed by atoms with Crippen molar-refractivity contribution < 1.29 is 4.52 Å². The van der Waals surface area contributed by atoms with Gasteiger partial charge in [0.15, 0.2) is 5.82 Å². The van der Waals surface area contributed by atoms with Crippen LogP contribution in [0.15, 0.2) is 16.9 Å². The van der Waals surface area contributed by atoms with Gasteiger partial charge in [-0.3, -0.25) is 4.98 Å². The lowest BCUT2D eigenvalue weighted by Gasteiger charge is -2.14. The molecule has 0 fully saturated rings. The Kier molecular flexibility index (Phi) is 3.42. The molecule has 0 amide bonds. The smallest absolute Gasteiger partial charge is 0.160 e. The molecule has 0 saturated heterocycles. The van der Waals surface area contributed by atoms with Gasteiger partial charge in [0.05, 0.1) is 24.1 Å². The SMILES string of the molecule is Cc1noc(C)c1C(C)Nc1cncc(NN)n1. The minimum Gasteiger partial charge on any atom is -0.362 e. The number of nitrogens with one attached hydrogen (secondary N) is 2. The van der Waals surface area contributed by atoms with Crippen LogP contribution < -0.4 is 16.6 Å². The van der Waals surface area contributed by atoms with Gasteiger partial charge in [-0.05, 0) is 20.8 Å². The molecule has 96 valence electrons. The number of rotatable bonds is 4. The first kappa shape index (κ1) is 12.3. The molecule has 0 saturated carbocycles. The zero-order valence-electron chi connectivity index (χ0n) is 10.6. The molecule has 2 aromatic rings. The van der Waals surface area contributed by atoms with Crippen molar-refractivity contribution in [1.29, 1.82) is 0 Å². The average molecular weight is 248 g/mol. The summed E-state index contributed by atoms with van der Waals surface area (Å²) in [6.45, 7) is 5.81. The highest BCUT2D eigenvalue weighted by molar-refractivity contribution is 5.43. The Bertz CT molecular complexity index is 519. The lowest BCUT2D eigenvalue weighted by Crippen LogP contribution is -2.13. The quantitative estimate of drug-likeness (QED) is 0.557. The molecule has 0 aliphatic heterocycles. The molecular formula is C11H16N6O. The zero-order chi connectivity index (χ0) is 13.1. The van der Waals surface area contributed by atoms with E-state index < -0.39 is 0 Å². The van der Waals surface area contributed by atoms with E-state index in [2.05, 4.69) is 25.9 Å². The molecule has 1 atom stereocenters. The summed E-state index contributed by atoms with van der Waals surface area (Å²) in [5, 5.41) is 7.16. The van der Waals surface area contributed by atoms with E-state index in [4.69, 9.17) is 10.4 Å². The van der Waals surface area contributed by atoms with Crippen molar-refractivity contribution in [3.8, 4) is 0 Å². The number of nitrogen functional groups attached to an aromatic ring is 1. The summed E-state index contributed by atoms with van der Waals surface area (Å²) in [7, 11) is 0. The molecule has 0 aliphatic rings. The lowest BCUT2D eigenvalue weighted by molar-refractivity contribution is 0.392. The van der Waals surface area contributed by atoms with Crippen molar-refractivity contribution in [3.63, 3.8) is 0 Å². The second-order valence-corrected chi connectivity index (χ2v) is 4.04. The monoisotopic (exact) mass is 248 g/mol. The molecule has 7 heteroatoms. The Hall–Kier alpha value is -2.15. The van der Waals surface area contributed by atoms with Gasteiger partial charge < -0.3 is 15.3 Å². The number of aryl methyl sites for hydroxylation is 2. The first-order chi connectivity index (χ1) is 8.61. The maximum absolute atomic E-state index is 5.29. The van der Waals surface area contributed by atoms with Crippen LogP contribution in [0.3, 0.4) is 0 Å². The summed E-state index contributed by atoms with van der Waals surface area (Å²) in [6, 6.07) is 0.0265. The summed E-state index contributed by atoms with van der Waals surface area (Å²) in [4.78, 5) is 8.27. The highest BCUT2D eigenvalue weighted by atomic mass is 16.5. The maximum Gasteiger partial charge on any atom is 0.160 e. The predicted octanol–water partition coefficient (Wildman–Crippen LogP) is 1.54. The van der Waals surface area contributed by atoms with Crippen molar-refractivity contribution in [1.82, 2.24) is 15.1 Å². The highest BCUT2D eigenvalue weighted by Crippen LogP contribution is 2.24. The van der Waals surface area contributed by atoms with Gasteiger partial charge in [0.2, 0.25) is 0 Å². The van der Waals surface area contributed by atoms with Crippen molar-refractivity contribution in [2.45, 2.75) is 26.8 Å². The van der Waals surface area contributed by atoms with E-state index in [1.54, 1.807) is 12.4 Å².